The molecule has 2 atom stereocenters. The molecule has 1 saturated carbocycles. The van der Waals surface area contributed by atoms with Crippen molar-refractivity contribution in [1.29, 1.82) is 0 Å². The van der Waals surface area contributed by atoms with Crippen LogP contribution < -0.4 is 15.4 Å². The lowest BCUT2D eigenvalue weighted by Crippen LogP contribution is -2.63. The third-order valence-electron chi connectivity index (χ3n) is 8.70. The van der Waals surface area contributed by atoms with Gasteiger partial charge in [-0.25, -0.2) is 12.8 Å². The number of amides is 2. The van der Waals surface area contributed by atoms with E-state index in [9.17, 15) is 22.4 Å². The molecule has 3 aliphatic rings. The Labute approximate surface area is 253 Å². The maximum absolute atomic E-state index is 13.9. The highest BCUT2D eigenvalue weighted by Crippen LogP contribution is 2.28. The van der Waals surface area contributed by atoms with Gasteiger partial charge in [0, 0.05) is 32.2 Å². The second-order valence-corrected chi connectivity index (χ2v) is 14.0. The third kappa shape index (κ3) is 7.74. The molecule has 3 fully saturated rings. The average Bonchev–Trinajstić information content (AvgIpc) is 3.52. The van der Waals surface area contributed by atoms with Crippen molar-refractivity contribution in [3.05, 3.63) is 59.9 Å². The van der Waals surface area contributed by atoms with Crippen molar-refractivity contribution in [3.63, 3.8) is 0 Å². The molecule has 5 rings (SSSR count). The standard InChI is InChI=1S/C32H42FN3O6S/c1-32(31(38)34-25-16-19-41-20-17-25,22-23-12-14-27(15-13-23)42-26-8-2-3-9-26)35-30(37)29-11-4-5-18-36(29)43(39,40)28-10-6-7-24(33)21-28/h6-7,10,12-15,21,25-26,29H,2-5,8-9,11,16-20,22H2,1H3,(H,34,38)(H,35,37)/t29-,32-/m0/s1. The minimum absolute atomic E-state index is 0.0841. The van der Waals surface area contributed by atoms with E-state index < -0.39 is 33.3 Å². The van der Waals surface area contributed by atoms with Crippen molar-refractivity contribution in [3.8, 4) is 5.75 Å². The van der Waals surface area contributed by atoms with Gasteiger partial charge in [-0.2, -0.15) is 4.31 Å². The molecule has 11 heteroatoms. The van der Waals surface area contributed by atoms with Gasteiger partial charge < -0.3 is 20.1 Å². The van der Waals surface area contributed by atoms with Gasteiger partial charge in [0.15, 0.2) is 0 Å². The van der Waals surface area contributed by atoms with Crippen LogP contribution in [0.3, 0.4) is 0 Å². The van der Waals surface area contributed by atoms with Crippen molar-refractivity contribution >= 4 is 21.8 Å². The summed E-state index contributed by atoms with van der Waals surface area (Å²) in [6.45, 7) is 2.90. The topological polar surface area (TPSA) is 114 Å². The lowest BCUT2D eigenvalue weighted by atomic mass is 9.90. The summed E-state index contributed by atoms with van der Waals surface area (Å²) in [7, 11) is -4.15. The smallest absolute Gasteiger partial charge is 0.246 e. The van der Waals surface area contributed by atoms with E-state index in [0.717, 1.165) is 34.5 Å². The first kappa shape index (κ1) is 31.4. The Bertz CT molecular complexity index is 1380. The molecular formula is C32H42FN3O6S. The zero-order valence-electron chi connectivity index (χ0n) is 24.7. The summed E-state index contributed by atoms with van der Waals surface area (Å²) < 4.78 is 53.7. The molecule has 2 aliphatic heterocycles. The van der Waals surface area contributed by atoms with Crippen molar-refractivity contribution < 1.29 is 31.9 Å². The summed E-state index contributed by atoms with van der Waals surface area (Å²) >= 11 is 0. The van der Waals surface area contributed by atoms with E-state index in [1.54, 1.807) is 6.92 Å². The number of ether oxygens (including phenoxy) is 2. The zero-order chi connectivity index (χ0) is 30.5. The van der Waals surface area contributed by atoms with Crippen LogP contribution in [0.5, 0.6) is 5.75 Å². The van der Waals surface area contributed by atoms with Crippen LogP contribution in [-0.2, 0) is 30.8 Å². The summed E-state index contributed by atoms with van der Waals surface area (Å²) in [5.41, 5.74) is -0.536. The lowest BCUT2D eigenvalue weighted by molar-refractivity contribution is -0.136. The van der Waals surface area contributed by atoms with Crippen LogP contribution >= 0.6 is 0 Å². The maximum atomic E-state index is 13.9. The van der Waals surface area contributed by atoms with Crippen LogP contribution in [0.1, 0.15) is 70.3 Å². The minimum atomic E-state index is -4.15. The number of hydrogen-bond donors (Lipinski definition) is 2. The molecule has 2 aromatic rings. The summed E-state index contributed by atoms with van der Waals surface area (Å²) in [6, 6.07) is 11.3. The molecule has 0 spiro atoms. The molecule has 0 aromatic heterocycles. The Balaban J connectivity index is 1.36. The van der Waals surface area contributed by atoms with Gasteiger partial charge in [0.1, 0.15) is 23.1 Å². The van der Waals surface area contributed by atoms with Gasteiger partial charge >= 0.3 is 0 Å². The monoisotopic (exact) mass is 615 g/mol. The highest BCUT2D eigenvalue weighted by Gasteiger charge is 2.43. The molecule has 1 aliphatic carbocycles. The van der Waals surface area contributed by atoms with Gasteiger partial charge in [-0.15, -0.1) is 0 Å². The number of benzene rings is 2. The first-order valence-corrected chi connectivity index (χ1v) is 16.8. The predicted octanol–water partition coefficient (Wildman–Crippen LogP) is 4.10. The van der Waals surface area contributed by atoms with Gasteiger partial charge in [-0.3, -0.25) is 9.59 Å². The molecule has 2 aromatic carbocycles. The number of nitrogens with zero attached hydrogens (tertiary/aromatic N) is 1. The normalized spacial score (nSPS) is 22.0. The fourth-order valence-electron chi connectivity index (χ4n) is 6.23. The van der Waals surface area contributed by atoms with Crippen LogP contribution in [0.4, 0.5) is 4.39 Å². The van der Waals surface area contributed by atoms with Crippen LogP contribution in [0.25, 0.3) is 0 Å². The van der Waals surface area contributed by atoms with Crippen LogP contribution in [0.2, 0.25) is 0 Å². The van der Waals surface area contributed by atoms with E-state index in [1.165, 1.54) is 31.0 Å². The van der Waals surface area contributed by atoms with E-state index in [1.807, 2.05) is 24.3 Å². The number of sulfonamides is 1. The number of nitrogens with one attached hydrogen (secondary N) is 2. The Morgan fingerprint density at radius 2 is 1.70 bits per heavy atom. The fourth-order valence-corrected chi connectivity index (χ4v) is 7.92. The average molecular weight is 616 g/mol. The largest absolute Gasteiger partial charge is 0.490 e. The van der Waals surface area contributed by atoms with E-state index in [4.69, 9.17) is 9.47 Å². The molecule has 0 radical (unpaired) electrons. The molecule has 2 saturated heterocycles. The van der Waals surface area contributed by atoms with Gasteiger partial charge in [0.05, 0.1) is 11.0 Å². The maximum Gasteiger partial charge on any atom is 0.246 e. The second-order valence-electron chi connectivity index (χ2n) is 12.1. The van der Waals surface area contributed by atoms with Crippen LogP contribution in [-0.4, -0.2) is 68.0 Å². The molecule has 234 valence electrons. The van der Waals surface area contributed by atoms with E-state index in [2.05, 4.69) is 10.6 Å². The fraction of sp³-hybridized carbons (Fsp3) is 0.562. The molecule has 9 nitrogen and oxygen atoms in total. The number of piperidine rings is 1. The van der Waals surface area contributed by atoms with Crippen molar-refractivity contribution in [2.24, 2.45) is 0 Å². The van der Waals surface area contributed by atoms with Crippen molar-refractivity contribution in [2.45, 2.75) is 99.8 Å². The summed E-state index contributed by atoms with van der Waals surface area (Å²) in [5, 5.41) is 6.03. The highest BCUT2D eigenvalue weighted by molar-refractivity contribution is 7.89. The predicted molar refractivity (Wildman–Crippen MR) is 159 cm³/mol. The zero-order valence-corrected chi connectivity index (χ0v) is 25.5. The number of carbonyl (C=O) groups excluding carboxylic acids is 2. The van der Waals surface area contributed by atoms with Crippen LogP contribution in [0, 0.1) is 5.82 Å². The molecule has 2 heterocycles. The number of carbonyl (C=O) groups is 2. The summed E-state index contributed by atoms with van der Waals surface area (Å²) in [4.78, 5) is 27.5. The molecule has 0 unspecified atom stereocenters. The summed E-state index contributed by atoms with van der Waals surface area (Å²) in [6.07, 6.45) is 7.73. The van der Waals surface area contributed by atoms with Crippen LogP contribution in [0.15, 0.2) is 53.4 Å². The quantitative estimate of drug-likeness (QED) is 0.416. The number of hydrogen-bond acceptors (Lipinski definition) is 6. The van der Waals surface area contributed by atoms with Gasteiger partial charge in [0.25, 0.3) is 0 Å². The molecular weight excluding hydrogens is 573 g/mol. The van der Waals surface area contributed by atoms with E-state index in [-0.39, 0.29) is 35.9 Å². The molecule has 43 heavy (non-hydrogen) atoms. The first-order chi connectivity index (χ1) is 20.6. The Hall–Kier alpha value is -3.02. The van der Waals surface area contributed by atoms with E-state index >= 15 is 0 Å². The SMILES string of the molecule is C[C@@](Cc1ccc(OC2CCCC2)cc1)(NC(=O)[C@@H]1CCCCN1S(=O)(=O)c1cccc(F)c1)C(=O)NC1CCOCC1. The summed E-state index contributed by atoms with van der Waals surface area (Å²) in [5.74, 6) is -0.788. The van der Waals surface area contributed by atoms with Crippen molar-refractivity contribution in [2.75, 3.05) is 19.8 Å². The van der Waals surface area contributed by atoms with Crippen molar-refractivity contribution in [1.82, 2.24) is 14.9 Å². The molecule has 2 amide bonds. The van der Waals surface area contributed by atoms with Gasteiger partial charge in [-0.1, -0.05) is 24.6 Å². The van der Waals surface area contributed by atoms with E-state index in [0.29, 0.717) is 45.3 Å². The lowest BCUT2D eigenvalue weighted by Gasteiger charge is -2.38. The molecule has 2 N–H and O–H groups in total. The van der Waals surface area contributed by atoms with Gasteiger partial charge in [0.2, 0.25) is 21.8 Å². The highest BCUT2D eigenvalue weighted by atomic mass is 32.2. The first-order valence-electron chi connectivity index (χ1n) is 15.4. The Morgan fingerprint density at radius 3 is 2.40 bits per heavy atom. The van der Waals surface area contributed by atoms with Gasteiger partial charge in [-0.05, 0) is 94.2 Å². The Morgan fingerprint density at radius 1 is 1.00 bits per heavy atom. The molecule has 0 bridgehead atoms. The third-order valence-corrected chi connectivity index (χ3v) is 10.6. The number of rotatable bonds is 10. The number of halogens is 1. The Kier molecular flexibility index (Phi) is 10.0. The second kappa shape index (κ2) is 13.7. The minimum Gasteiger partial charge on any atom is -0.490 e.